The van der Waals surface area contributed by atoms with Crippen molar-refractivity contribution in [1.29, 1.82) is 0 Å². The summed E-state index contributed by atoms with van der Waals surface area (Å²) in [6, 6.07) is 4.09. The molecule has 1 aliphatic heterocycles. The van der Waals surface area contributed by atoms with E-state index in [1.807, 2.05) is 6.07 Å². The van der Waals surface area contributed by atoms with Gasteiger partial charge in [-0.1, -0.05) is 13.0 Å². The van der Waals surface area contributed by atoms with Crippen LogP contribution in [0.25, 0.3) is 0 Å². The first-order valence-electron chi connectivity index (χ1n) is 4.26. The van der Waals surface area contributed by atoms with E-state index < -0.39 is 0 Å². The maximum absolute atomic E-state index is 4.40. The molecule has 0 spiro atoms. The van der Waals surface area contributed by atoms with Crippen molar-refractivity contribution in [3.05, 3.63) is 23.9 Å². The van der Waals surface area contributed by atoms with Crippen molar-refractivity contribution in [1.82, 2.24) is 4.98 Å². The minimum Gasteiger partial charge on any atom is -0.238 e. The average molecular weight is 160 g/mol. The fourth-order valence-electron chi connectivity index (χ4n) is 1.67. The van der Waals surface area contributed by atoms with Crippen LogP contribution in [0.15, 0.2) is 23.3 Å². The van der Waals surface area contributed by atoms with E-state index in [0.717, 1.165) is 12.2 Å². The van der Waals surface area contributed by atoms with Crippen LogP contribution >= 0.6 is 0 Å². The maximum Gasteiger partial charge on any atom is 0.155 e. The van der Waals surface area contributed by atoms with Gasteiger partial charge < -0.3 is 0 Å². The summed E-state index contributed by atoms with van der Waals surface area (Å²) >= 11 is 0. The number of fused-ring (bicyclic) bond motifs is 1. The van der Waals surface area contributed by atoms with E-state index in [0.29, 0.717) is 5.92 Å². The van der Waals surface area contributed by atoms with Crippen molar-refractivity contribution >= 4 is 11.5 Å². The minimum atomic E-state index is 0.575. The van der Waals surface area contributed by atoms with E-state index in [4.69, 9.17) is 0 Å². The molecule has 12 heavy (non-hydrogen) atoms. The van der Waals surface area contributed by atoms with Crippen LogP contribution in [0.1, 0.15) is 31.7 Å². The number of aromatic nitrogens is 1. The second-order valence-corrected chi connectivity index (χ2v) is 3.37. The zero-order valence-electron chi connectivity index (χ0n) is 7.41. The second kappa shape index (κ2) is 2.70. The van der Waals surface area contributed by atoms with Crippen LogP contribution < -0.4 is 0 Å². The van der Waals surface area contributed by atoms with Crippen molar-refractivity contribution in [2.75, 3.05) is 0 Å². The zero-order chi connectivity index (χ0) is 8.55. The Labute approximate surface area is 72.4 Å². The predicted octanol–water partition coefficient (Wildman–Crippen LogP) is 2.68. The number of rotatable bonds is 0. The van der Waals surface area contributed by atoms with E-state index in [1.54, 1.807) is 6.20 Å². The van der Waals surface area contributed by atoms with Gasteiger partial charge in [0.1, 0.15) is 0 Å². The van der Waals surface area contributed by atoms with E-state index in [2.05, 4.69) is 29.9 Å². The van der Waals surface area contributed by atoms with Gasteiger partial charge in [-0.2, -0.15) is 0 Å². The molecule has 1 aromatic rings. The molecule has 1 aromatic heterocycles. The third-order valence-electron chi connectivity index (χ3n) is 2.25. The van der Waals surface area contributed by atoms with Gasteiger partial charge in [-0.05, 0) is 30.9 Å². The van der Waals surface area contributed by atoms with Crippen molar-refractivity contribution in [3.8, 4) is 0 Å². The van der Waals surface area contributed by atoms with Crippen molar-refractivity contribution in [2.45, 2.75) is 26.2 Å². The van der Waals surface area contributed by atoms with Gasteiger partial charge in [0.25, 0.3) is 0 Å². The first-order chi connectivity index (χ1) is 5.77. The molecule has 0 amide bonds. The normalized spacial score (nSPS) is 21.5. The molecule has 0 radical (unpaired) electrons. The molecule has 0 fully saturated rings. The Kier molecular flexibility index (Phi) is 1.68. The Hall–Kier alpha value is -1.18. The number of hydrogen-bond acceptors (Lipinski definition) is 2. The monoisotopic (exact) mass is 160 g/mol. The highest BCUT2D eigenvalue weighted by molar-refractivity contribution is 5.87. The third-order valence-corrected chi connectivity index (χ3v) is 2.25. The highest BCUT2D eigenvalue weighted by Crippen LogP contribution is 2.31. The molecule has 0 saturated carbocycles. The SMILES string of the molecule is CC1=Nc2ncccc2C(C)C1. The largest absolute Gasteiger partial charge is 0.238 e. The standard InChI is InChI=1S/C10H12N2/c1-7-6-8(2)12-10-9(7)4-3-5-11-10/h3-5,7H,6H2,1-2H3. The topological polar surface area (TPSA) is 25.2 Å². The molecular formula is C10H12N2. The molecule has 0 N–H and O–H groups in total. The lowest BCUT2D eigenvalue weighted by atomic mass is 9.94. The summed E-state index contributed by atoms with van der Waals surface area (Å²) in [5, 5.41) is 0. The van der Waals surface area contributed by atoms with Crippen LogP contribution in [0.4, 0.5) is 5.82 Å². The van der Waals surface area contributed by atoms with E-state index in [1.165, 1.54) is 11.3 Å². The molecule has 1 unspecified atom stereocenters. The van der Waals surface area contributed by atoms with E-state index in [9.17, 15) is 0 Å². The highest BCUT2D eigenvalue weighted by atomic mass is 14.9. The van der Waals surface area contributed by atoms with Crippen molar-refractivity contribution in [2.24, 2.45) is 4.99 Å². The molecule has 1 atom stereocenters. The third kappa shape index (κ3) is 1.13. The van der Waals surface area contributed by atoms with Gasteiger partial charge in [0.2, 0.25) is 0 Å². The van der Waals surface area contributed by atoms with Crippen molar-refractivity contribution < 1.29 is 0 Å². The smallest absolute Gasteiger partial charge is 0.155 e. The summed E-state index contributed by atoms with van der Waals surface area (Å²) in [5.74, 6) is 1.49. The van der Waals surface area contributed by atoms with Crippen molar-refractivity contribution in [3.63, 3.8) is 0 Å². The first kappa shape index (κ1) is 7.47. The molecule has 2 rings (SSSR count). The number of hydrogen-bond donors (Lipinski definition) is 0. The average Bonchev–Trinajstić information content (AvgIpc) is 2.04. The number of aliphatic imine (C=N–C) groups is 1. The molecule has 0 aliphatic carbocycles. The molecule has 0 bridgehead atoms. The lowest BCUT2D eigenvalue weighted by molar-refractivity contribution is 0.781. The zero-order valence-corrected chi connectivity index (χ0v) is 7.41. The van der Waals surface area contributed by atoms with Gasteiger partial charge in [-0.3, -0.25) is 0 Å². The predicted molar refractivity (Wildman–Crippen MR) is 50.0 cm³/mol. The lowest BCUT2D eigenvalue weighted by Crippen LogP contribution is -2.06. The highest BCUT2D eigenvalue weighted by Gasteiger charge is 2.16. The molecule has 2 heterocycles. The Morgan fingerprint density at radius 2 is 2.33 bits per heavy atom. The Morgan fingerprint density at radius 1 is 1.50 bits per heavy atom. The quantitative estimate of drug-likeness (QED) is 0.572. The van der Waals surface area contributed by atoms with Crippen LogP contribution in [-0.2, 0) is 0 Å². The Morgan fingerprint density at radius 3 is 3.17 bits per heavy atom. The van der Waals surface area contributed by atoms with E-state index in [-0.39, 0.29) is 0 Å². The number of pyridine rings is 1. The molecule has 62 valence electrons. The van der Waals surface area contributed by atoms with Gasteiger partial charge in [0, 0.05) is 11.9 Å². The first-order valence-corrected chi connectivity index (χ1v) is 4.26. The fraction of sp³-hybridized carbons (Fsp3) is 0.400. The maximum atomic E-state index is 4.40. The minimum absolute atomic E-state index is 0.575. The molecule has 0 aromatic carbocycles. The summed E-state index contributed by atoms with van der Waals surface area (Å²) in [6.07, 6.45) is 2.87. The molecule has 1 aliphatic rings. The van der Waals surface area contributed by atoms with Crippen LogP contribution in [0.3, 0.4) is 0 Å². The van der Waals surface area contributed by atoms with Crippen LogP contribution in [0.2, 0.25) is 0 Å². The molecule has 0 saturated heterocycles. The Balaban J connectivity index is 2.55. The van der Waals surface area contributed by atoms with Gasteiger partial charge in [0.15, 0.2) is 5.82 Å². The van der Waals surface area contributed by atoms with E-state index >= 15 is 0 Å². The fourth-order valence-corrected chi connectivity index (χ4v) is 1.67. The van der Waals surface area contributed by atoms with Gasteiger partial charge >= 0.3 is 0 Å². The Bertz CT molecular complexity index is 328. The van der Waals surface area contributed by atoms with Crippen LogP contribution in [0.5, 0.6) is 0 Å². The van der Waals surface area contributed by atoms with Crippen LogP contribution in [0, 0.1) is 0 Å². The molecule has 2 heteroatoms. The van der Waals surface area contributed by atoms with Crippen LogP contribution in [-0.4, -0.2) is 10.7 Å². The summed E-state index contributed by atoms with van der Waals surface area (Å²) in [7, 11) is 0. The summed E-state index contributed by atoms with van der Waals surface area (Å²) < 4.78 is 0. The van der Waals surface area contributed by atoms with Gasteiger partial charge in [0.05, 0.1) is 0 Å². The summed E-state index contributed by atoms with van der Waals surface area (Å²) in [5.41, 5.74) is 2.47. The van der Waals surface area contributed by atoms with Gasteiger partial charge in [-0.25, -0.2) is 9.98 Å². The lowest BCUT2D eigenvalue weighted by Gasteiger charge is -2.18. The summed E-state index contributed by atoms with van der Waals surface area (Å²) in [4.78, 5) is 8.63. The molecule has 2 nitrogen and oxygen atoms in total. The van der Waals surface area contributed by atoms with Gasteiger partial charge in [-0.15, -0.1) is 0 Å². The second-order valence-electron chi connectivity index (χ2n) is 3.37. The molecular weight excluding hydrogens is 148 g/mol. The number of nitrogens with zero attached hydrogens (tertiary/aromatic N) is 2. The summed E-state index contributed by atoms with van der Waals surface area (Å²) in [6.45, 7) is 4.28.